The second kappa shape index (κ2) is 10.9. The van der Waals surface area contributed by atoms with Crippen LogP contribution >= 0.6 is 11.3 Å². The Morgan fingerprint density at radius 1 is 0.391 bits per heavy atom. The molecule has 0 fully saturated rings. The lowest BCUT2D eigenvalue weighted by Crippen LogP contribution is -2.04. The largest absolute Gasteiger partial charge is 0.236 e. The Bertz CT molecular complexity index is 2420. The standard InChI is InChI=1S/C39H20F5NS/c40-34-33(35(41)37(43)38(44)36(34)42)30-16-15-28-19-27(13-14-29(28)20-30)26-12-11-24-17-23(9-10-25(24)18-26)21-5-7-22(8-6-21)39-45-31-3-1-2-4-32(31)46-39/h1-20H. The summed E-state index contributed by atoms with van der Waals surface area (Å²) in [6, 6.07) is 39.1. The van der Waals surface area contributed by atoms with Crippen molar-refractivity contribution in [3.05, 3.63) is 150 Å². The summed E-state index contributed by atoms with van der Waals surface area (Å²) in [6.07, 6.45) is 0. The Morgan fingerprint density at radius 3 is 1.35 bits per heavy atom. The predicted octanol–water partition coefficient (Wildman–Crippen LogP) is 12.0. The second-order valence-electron chi connectivity index (χ2n) is 11.1. The maximum atomic E-state index is 14.4. The summed E-state index contributed by atoms with van der Waals surface area (Å²) in [5.74, 6) is -9.81. The van der Waals surface area contributed by atoms with Crippen LogP contribution in [0.1, 0.15) is 0 Å². The summed E-state index contributed by atoms with van der Waals surface area (Å²) >= 11 is 1.68. The number of para-hydroxylation sites is 1. The van der Waals surface area contributed by atoms with E-state index in [-0.39, 0.29) is 5.56 Å². The van der Waals surface area contributed by atoms with E-state index in [4.69, 9.17) is 4.98 Å². The molecule has 0 amide bonds. The van der Waals surface area contributed by atoms with Gasteiger partial charge in [-0.15, -0.1) is 11.3 Å². The Labute approximate surface area is 263 Å². The molecule has 0 unspecified atom stereocenters. The van der Waals surface area contributed by atoms with Gasteiger partial charge in [0.05, 0.1) is 15.8 Å². The van der Waals surface area contributed by atoms with Crippen LogP contribution in [0.2, 0.25) is 0 Å². The fourth-order valence-corrected chi connectivity index (χ4v) is 6.82. The first-order valence-electron chi connectivity index (χ1n) is 14.4. The average Bonchev–Trinajstić information content (AvgIpc) is 3.54. The number of aromatic nitrogens is 1. The first-order chi connectivity index (χ1) is 22.3. The molecule has 7 heteroatoms. The first kappa shape index (κ1) is 28.1. The third-order valence-electron chi connectivity index (χ3n) is 8.27. The van der Waals surface area contributed by atoms with Crippen LogP contribution in [0.4, 0.5) is 22.0 Å². The van der Waals surface area contributed by atoms with E-state index in [1.165, 1.54) is 16.8 Å². The molecule has 0 aliphatic rings. The van der Waals surface area contributed by atoms with E-state index >= 15 is 0 Å². The fourth-order valence-electron chi connectivity index (χ4n) is 5.84. The topological polar surface area (TPSA) is 12.9 Å². The first-order valence-corrected chi connectivity index (χ1v) is 15.2. The molecule has 1 aromatic heterocycles. The van der Waals surface area contributed by atoms with Crippen molar-refractivity contribution >= 4 is 43.1 Å². The van der Waals surface area contributed by atoms with Gasteiger partial charge in [0.1, 0.15) is 5.01 Å². The number of nitrogens with zero attached hydrogens (tertiary/aromatic N) is 1. The third-order valence-corrected chi connectivity index (χ3v) is 9.36. The smallest absolute Gasteiger partial charge is 0.200 e. The maximum absolute atomic E-state index is 14.4. The number of fused-ring (bicyclic) bond motifs is 3. The molecule has 0 saturated carbocycles. The van der Waals surface area contributed by atoms with Gasteiger partial charge in [-0.3, -0.25) is 0 Å². The van der Waals surface area contributed by atoms with Crippen LogP contribution in [0.5, 0.6) is 0 Å². The van der Waals surface area contributed by atoms with Crippen LogP contribution in [0, 0.1) is 29.1 Å². The van der Waals surface area contributed by atoms with Crippen molar-refractivity contribution in [3.63, 3.8) is 0 Å². The highest BCUT2D eigenvalue weighted by Gasteiger charge is 2.26. The minimum absolute atomic E-state index is 0.0963. The van der Waals surface area contributed by atoms with Gasteiger partial charge in [0.15, 0.2) is 23.3 Å². The summed E-state index contributed by atoms with van der Waals surface area (Å²) < 4.78 is 71.1. The summed E-state index contributed by atoms with van der Waals surface area (Å²) in [4.78, 5) is 4.76. The van der Waals surface area contributed by atoms with E-state index in [0.717, 1.165) is 54.5 Å². The molecule has 46 heavy (non-hydrogen) atoms. The van der Waals surface area contributed by atoms with Gasteiger partial charge < -0.3 is 0 Å². The number of rotatable bonds is 4. The number of benzene rings is 7. The number of hydrogen-bond acceptors (Lipinski definition) is 2. The maximum Gasteiger partial charge on any atom is 0.200 e. The summed E-state index contributed by atoms with van der Waals surface area (Å²) in [5.41, 5.74) is 5.16. The number of thiazole rings is 1. The van der Waals surface area contributed by atoms with Crippen molar-refractivity contribution in [2.24, 2.45) is 0 Å². The van der Waals surface area contributed by atoms with E-state index in [2.05, 4.69) is 60.7 Å². The van der Waals surface area contributed by atoms with Gasteiger partial charge in [0.25, 0.3) is 0 Å². The molecule has 0 spiro atoms. The quantitative estimate of drug-likeness (QED) is 0.107. The van der Waals surface area contributed by atoms with Crippen molar-refractivity contribution < 1.29 is 22.0 Å². The molecule has 0 atom stereocenters. The molecule has 0 aliphatic heterocycles. The Kier molecular flexibility index (Phi) is 6.65. The van der Waals surface area contributed by atoms with Crippen LogP contribution in [0.15, 0.2) is 121 Å². The zero-order chi connectivity index (χ0) is 31.5. The fraction of sp³-hybridized carbons (Fsp3) is 0. The van der Waals surface area contributed by atoms with Crippen LogP contribution in [0.25, 0.3) is 75.7 Å². The summed E-state index contributed by atoms with van der Waals surface area (Å²) in [6.45, 7) is 0. The van der Waals surface area contributed by atoms with Crippen molar-refractivity contribution in [3.8, 4) is 44.0 Å². The van der Waals surface area contributed by atoms with E-state index < -0.39 is 34.6 Å². The Balaban J connectivity index is 1.07. The molecule has 1 heterocycles. The second-order valence-corrected chi connectivity index (χ2v) is 12.1. The van der Waals surface area contributed by atoms with Gasteiger partial charge in [0, 0.05) is 5.56 Å². The monoisotopic (exact) mass is 629 g/mol. The van der Waals surface area contributed by atoms with Gasteiger partial charge in [0.2, 0.25) is 5.82 Å². The lowest BCUT2D eigenvalue weighted by Gasteiger charge is -2.11. The molecular formula is C39H20F5NS. The van der Waals surface area contributed by atoms with E-state index in [1.54, 1.807) is 23.5 Å². The minimum atomic E-state index is -2.17. The molecule has 222 valence electrons. The molecule has 0 radical (unpaired) electrons. The van der Waals surface area contributed by atoms with Gasteiger partial charge in [-0.1, -0.05) is 84.9 Å². The zero-order valence-electron chi connectivity index (χ0n) is 23.8. The normalized spacial score (nSPS) is 11.6. The molecule has 8 rings (SSSR count). The Hall–Kier alpha value is -5.40. The van der Waals surface area contributed by atoms with Crippen LogP contribution in [-0.2, 0) is 0 Å². The molecular weight excluding hydrogens is 609 g/mol. The highest BCUT2D eigenvalue weighted by Crippen LogP contribution is 2.36. The SMILES string of the molecule is Fc1c(F)c(F)c(-c2ccc3cc(-c4ccc5cc(-c6ccc(-c7nc8ccccc8s7)cc6)ccc5c4)ccc3c2)c(F)c1F. The molecule has 0 aliphatic carbocycles. The average molecular weight is 630 g/mol. The van der Waals surface area contributed by atoms with Crippen molar-refractivity contribution in [1.82, 2.24) is 4.98 Å². The molecule has 0 N–H and O–H groups in total. The minimum Gasteiger partial charge on any atom is -0.236 e. The van der Waals surface area contributed by atoms with Crippen LogP contribution in [-0.4, -0.2) is 4.98 Å². The predicted molar refractivity (Wildman–Crippen MR) is 176 cm³/mol. The lowest BCUT2D eigenvalue weighted by molar-refractivity contribution is 0.381. The third kappa shape index (κ3) is 4.71. The zero-order valence-corrected chi connectivity index (χ0v) is 24.6. The number of halogens is 5. The van der Waals surface area contributed by atoms with E-state index in [0.29, 0.717) is 5.39 Å². The summed E-state index contributed by atoms with van der Waals surface area (Å²) in [7, 11) is 0. The van der Waals surface area contributed by atoms with Gasteiger partial charge in [-0.25, -0.2) is 26.9 Å². The van der Waals surface area contributed by atoms with Crippen LogP contribution < -0.4 is 0 Å². The van der Waals surface area contributed by atoms with Crippen molar-refractivity contribution in [1.29, 1.82) is 0 Å². The lowest BCUT2D eigenvalue weighted by atomic mass is 9.95. The van der Waals surface area contributed by atoms with Crippen molar-refractivity contribution in [2.75, 3.05) is 0 Å². The van der Waals surface area contributed by atoms with Gasteiger partial charge in [-0.05, 0) is 85.8 Å². The number of hydrogen-bond donors (Lipinski definition) is 0. The highest BCUT2D eigenvalue weighted by molar-refractivity contribution is 7.21. The van der Waals surface area contributed by atoms with E-state index in [1.807, 2.05) is 36.4 Å². The molecule has 8 aromatic rings. The molecule has 0 bridgehead atoms. The highest BCUT2D eigenvalue weighted by atomic mass is 32.1. The molecule has 7 aromatic carbocycles. The molecule has 1 nitrogen and oxygen atoms in total. The van der Waals surface area contributed by atoms with Crippen LogP contribution in [0.3, 0.4) is 0 Å². The van der Waals surface area contributed by atoms with Gasteiger partial charge in [-0.2, -0.15) is 0 Å². The van der Waals surface area contributed by atoms with Crippen molar-refractivity contribution in [2.45, 2.75) is 0 Å². The Morgan fingerprint density at radius 2 is 0.804 bits per heavy atom. The summed E-state index contributed by atoms with van der Waals surface area (Å²) in [5, 5.41) is 4.51. The van der Waals surface area contributed by atoms with Gasteiger partial charge >= 0.3 is 0 Å². The molecule has 0 saturated heterocycles. The van der Waals surface area contributed by atoms with E-state index in [9.17, 15) is 22.0 Å².